The number of nitrogens with zero attached hydrogens (tertiary/aromatic N) is 2. The Balaban J connectivity index is 0.997. The van der Waals surface area contributed by atoms with Gasteiger partial charge in [0.15, 0.2) is 0 Å². The molecule has 0 saturated heterocycles. The van der Waals surface area contributed by atoms with Crippen LogP contribution in [0.15, 0.2) is 193 Å². The maximum Gasteiger partial charge on any atom is 0.129 e. The van der Waals surface area contributed by atoms with Crippen molar-refractivity contribution in [3.8, 4) is 16.8 Å². The van der Waals surface area contributed by atoms with Crippen LogP contribution >= 0.6 is 11.3 Å². The fourth-order valence-electron chi connectivity index (χ4n) is 8.93. The first kappa shape index (κ1) is 32.9. The summed E-state index contributed by atoms with van der Waals surface area (Å²) in [5, 5.41) is 9.04. The standard InChI is InChI=1S/C52H39N3S/c1-3-13-34(14-4-1)38-17-11-18-39(31-38)35-25-27-37(28-26-35)46-33-45(36-15-5-2-6-16-36)53-52(54-46)40-29-30-42-41-19-7-9-22-47(41)55(49(42)32-40)48-23-12-21-44-43-20-8-10-24-50(43)56-51(44)48/h1-13,15-32,34,45-46H,14,33H2,(H,53,54). The van der Waals surface area contributed by atoms with E-state index in [2.05, 4.69) is 198 Å². The van der Waals surface area contributed by atoms with Crippen molar-refractivity contribution in [2.45, 2.75) is 30.8 Å². The normalized spacial score (nSPS) is 18.1. The number of nitrogens with one attached hydrogen (secondary N) is 1. The van der Waals surface area contributed by atoms with E-state index in [1.807, 2.05) is 11.3 Å². The second-order valence-electron chi connectivity index (χ2n) is 15.1. The van der Waals surface area contributed by atoms with Gasteiger partial charge in [-0.05, 0) is 64.9 Å². The van der Waals surface area contributed by atoms with Crippen LogP contribution < -0.4 is 5.32 Å². The monoisotopic (exact) mass is 737 g/mol. The van der Waals surface area contributed by atoms with Crippen LogP contribution in [-0.2, 0) is 0 Å². The fraction of sp³-hybridized carbons (Fsp3) is 0.0962. The highest BCUT2D eigenvalue weighted by molar-refractivity contribution is 7.26. The summed E-state index contributed by atoms with van der Waals surface area (Å²) in [6, 6.07) is 60.3. The molecular formula is C52H39N3S. The summed E-state index contributed by atoms with van der Waals surface area (Å²) in [6.45, 7) is 0. The number of rotatable bonds is 6. The summed E-state index contributed by atoms with van der Waals surface area (Å²) in [5.74, 6) is 1.36. The quantitative estimate of drug-likeness (QED) is 0.181. The highest BCUT2D eigenvalue weighted by Gasteiger charge is 2.27. The van der Waals surface area contributed by atoms with Gasteiger partial charge in [-0.25, -0.2) is 0 Å². The highest BCUT2D eigenvalue weighted by Crippen LogP contribution is 2.42. The van der Waals surface area contributed by atoms with Crippen molar-refractivity contribution in [3.05, 3.63) is 210 Å². The Morgan fingerprint density at radius 1 is 0.554 bits per heavy atom. The molecule has 11 rings (SSSR count). The van der Waals surface area contributed by atoms with Gasteiger partial charge in [0.25, 0.3) is 0 Å². The Morgan fingerprint density at radius 3 is 2.18 bits per heavy atom. The van der Waals surface area contributed by atoms with E-state index in [9.17, 15) is 0 Å². The number of allylic oxidation sites excluding steroid dienone is 4. The van der Waals surface area contributed by atoms with E-state index in [4.69, 9.17) is 4.99 Å². The number of para-hydroxylation sites is 1. The molecule has 0 amide bonds. The third-order valence-corrected chi connectivity index (χ3v) is 13.0. The number of hydrogen-bond donors (Lipinski definition) is 1. The molecule has 268 valence electrons. The smallest absolute Gasteiger partial charge is 0.129 e. The number of hydrogen-bond acceptors (Lipinski definition) is 3. The summed E-state index contributed by atoms with van der Waals surface area (Å²) in [6.07, 6.45) is 10.8. The lowest BCUT2D eigenvalue weighted by Crippen LogP contribution is -2.35. The zero-order valence-electron chi connectivity index (χ0n) is 30.8. The average Bonchev–Trinajstić information content (AvgIpc) is 3.83. The lowest BCUT2D eigenvalue weighted by atomic mass is 9.89. The summed E-state index contributed by atoms with van der Waals surface area (Å²) in [4.78, 5) is 5.45. The zero-order valence-corrected chi connectivity index (χ0v) is 31.7. The Hall–Kier alpha value is -6.49. The van der Waals surface area contributed by atoms with E-state index in [-0.39, 0.29) is 12.1 Å². The van der Waals surface area contributed by atoms with Crippen molar-refractivity contribution in [3.63, 3.8) is 0 Å². The van der Waals surface area contributed by atoms with Gasteiger partial charge >= 0.3 is 0 Å². The number of aliphatic imine (C=N–C) groups is 1. The molecule has 0 fully saturated rings. The zero-order chi connectivity index (χ0) is 37.0. The van der Waals surface area contributed by atoms with Crippen LogP contribution in [0.25, 0.3) is 58.8 Å². The molecule has 0 bridgehead atoms. The van der Waals surface area contributed by atoms with Gasteiger partial charge in [0.05, 0.1) is 33.5 Å². The molecule has 3 unspecified atom stereocenters. The molecule has 0 saturated carbocycles. The Labute approximate surface area is 330 Å². The van der Waals surface area contributed by atoms with Gasteiger partial charge < -0.3 is 9.88 Å². The highest BCUT2D eigenvalue weighted by atomic mass is 32.1. The second-order valence-corrected chi connectivity index (χ2v) is 16.1. The SMILES string of the molecule is C1=CCC(c2cccc(-c3ccc(C4CC(c5ccccc5)N=C(c5ccc6c7ccccc7n(-c7cccc8c7sc7ccccc78)c6c5)N4)cc3)c2)C=C1. The molecule has 1 aliphatic heterocycles. The van der Waals surface area contributed by atoms with Gasteiger partial charge in [-0.3, -0.25) is 4.99 Å². The minimum absolute atomic E-state index is 0.0280. The first-order valence-electron chi connectivity index (χ1n) is 19.6. The minimum Gasteiger partial charge on any atom is -0.363 e. The van der Waals surface area contributed by atoms with E-state index in [1.54, 1.807) is 0 Å². The molecule has 7 aromatic carbocycles. The Morgan fingerprint density at radius 2 is 1.30 bits per heavy atom. The lowest BCUT2D eigenvalue weighted by molar-refractivity contribution is 0.491. The summed E-state index contributed by atoms with van der Waals surface area (Å²) < 4.78 is 5.08. The molecule has 0 radical (unpaired) electrons. The number of fused-ring (bicyclic) bond motifs is 6. The van der Waals surface area contributed by atoms with E-state index in [0.29, 0.717) is 5.92 Å². The van der Waals surface area contributed by atoms with Gasteiger partial charge in [-0.15, -0.1) is 11.3 Å². The van der Waals surface area contributed by atoms with Crippen molar-refractivity contribution in [1.82, 2.24) is 9.88 Å². The molecule has 56 heavy (non-hydrogen) atoms. The number of amidine groups is 1. The first-order valence-corrected chi connectivity index (χ1v) is 20.4. The maximum absolute atomic E-state index is 5.45. The van der Waals surface area contributed by atoms with Crippen LogP contribution in [0, 0.1) is 0 Å². The average molecular weight is 738 g/mol. The Kier molecular flexibility index (Phi) is 8.03. The minimum atomic E-state index is 0.0280. The Bertz CT molecular complexity index is 3020. The number of benzene rings is 7. The molecule has 1 N–H and O–H groups in total. The molecule has 3 nitrogen and oxygen atoms in total. The topological polar surface area (TPSA) is 29.3 Å². The van der Waals surface area contributed by atoms with Crippen molar-refractivity contribution in [2.24, 2.45) is 4.99 Å². The fourth-order valence-corrected chi connectivity index (χ4v) is 10.1. The molecule has 9 aromatic rings. The van der Waals surface area contributed by atoms with Gasteiger partial charge in [-0.1, -0.05) is 164 Å². The molecule has 2 aromatic heterocycles. The van der Waals surface area contributed by atoms with Crippen molar-refractivity contribution in [2.75, 3.05) is 0 Å². The van der Waals surface area contributed by atoms with Gasteiger partial charge in [0, 0.05) is 37.7 Å². The van der Waals surface area contributed by atoms with Crippen molar-refractivity contribution >= 4 is 59.2 Å². The van der Waals surface area contributed by atoms with E-state index >= 15 is 0 Å². The van der Waals surface area contributed by atoms with Crippen LogP contribution in [0.2, 0.25) is 0 Å². The van der Waals surface area contributed by atoms with Crippen LogP contribution in [0.3, 0.4) is 0 Å². The largest absolute Gasteiger partial charge is 0.363 e. The van der Waals surface area contributed by atoms with Crippen LogP contribution in [-0.4, -0.2) is 10.4 Å². The van der Waals surface area contributed by atoms with Crippen molar-refractivity contribution in [1.29, 1.82) is 0 Å². The van der Waals surface area contributed by atoms with E-state index < -0.39 is 0 Å². The van der Waals surface area contributed by atoms with Crippen molar-refractivity contribution < 1.29 is 0 Å². The molecule has 4 heteroatoms. The van der Waals surface area contributed by atoms with Gasteiger partial charge in [-0.2, -0.15) is 0 Å². The third-order valence-electron chi connectivity index (χ3n) is 11.8. The molecule has 2 aliphatic rings. The summed E-state index contributed by atoms with van der Waals surface area (Å²) in [5.41, 5.74) is 11.1. The molecule has 0 spiro atoms. The predicted molar refractivity (Wildman–Crippen MR) is 237 cm³/mol. The predicted octanol–water partition coefficient (Wildman–Crippen LogP) is 13.6. The maximum atomic E-state index is 5.45. The van der Waals surface area contributed by atoms with Crippen LogP contribution in [0.4, 0.5) is 0 Å². The lowest BCUT2D eigenvalue weighted by Gasteiger charge is -2.31. The number of aromatic nitrogens is 1. The van der Waals surface area contributed by atoms with E-state index in [0.717, 1.165) is 24.2 Å². The summed E-state index contributed by atoms with van der Waals surface area (Å²) in [7, 11) is 0. The summed E-state index contributed by atoms with van der Waals surface area (Å²) >= 11 is 1.88. The molecule has 1 aliphatic carbocycles. The van der Waals surface area contributed by atoms with Gasteiger partial charge in [0.1, 0.15) is 5.84 Å². The number of thiophene rings is 1. The van der Waals surface area contributed by atoms with E-state index in [1.165, 1.54) is 75.5 Å². The second kappa shape index (κ2) is 13.7. The first-order chi connectivity index (χ1) is 27.7. The molecule has 3 atom stereocenters. The third kappa shape index (κ3) is 5.68. The van der Waals surface area contributed by atoms with Crippen LogP contribution in [0.5, 0.6) is 0 Å². The molecular weight excluding hydrogens is 699 g/mol. The van der Waals surface area contributed by atoms with Gasteiger partial charge in [0.2, 0.25) is 0 Å². The molecule has 3 heterocycles. The van der Waals surface area contributed by atoms with Crippen LogP contribution in [0.1, 0.15) is 53.1 Å².